The van der Waals surface area contributed by atoms with Gasteiger partial charge in [-0.15, -0.1) is 0 Å². The summed E-state index contributed by atoms with van der Waals surface area (Å²) < 4.78 is 13.8. The lowest BCUT2D eigenvalue weighted by Crippen LogP contribution is -2.44. The first-order valence-corrected chi connectivity index (χ1v) is 5.72. The molecule has 1 aliphatic rings. The zero-order chi connectivity index (χ0) is 12.0. The van der Waals surface area contributed by atoms with Crippen molar-refractivity contribution in [3.63, 3.8) is 0 Å². The van der Waals surface area contributed by atoms with Crippen LogP contribution >= 0.6 is 0 Å². The highest BCUT2D eigenvalue weighted by atomic mass is 16.7. The molecule has 5 heteroatoms. The van der Waals surface area contributed by atoms with E-state index in [4.69, 9.17) is 9.31 Å². The molecule has 1 fully saturated rings. The van der Waals surface area contributed by atoms with Crippen molar-refractivity contribution in [2.24, 2.45) is 7.05 Å². The SMILES string of the molecule is CCC1(C)OB(c2cnn(C)c2)OC1(C)C. The van der Waals surface area contributed by atoms with E-state index < -0.39 is 0 Å². The highest BCUT2D eigenvalue weighted by Gasteiger charge is 2.53. The molecule has 1 aromatic heterocycles. The first-order valence-electron chi connectivity index (χ1n) is 5.72. The van der Waals surface area contributed by atoms with Crippen LogP contribution in [0.4, 0.5) is 0 Å². The van der Waals surface area contributed by atoms with Gasteiger partial charge in [-0.05, 0) is 27.2 Å². The number of aryl methyl sites for hydroxylation is 1. The van der Waals surface area contributed by atoms with E-state index in [1.807, 2.05) is 13.2 Å². The van der Waals surface area contributed by atoms with Gasteiger partial charge in [0, 0.05) is 24.9 Å². The maximum atomic E-state index is 6.04. The van der Waals surface area contributed by atoms with E-state index >= 15 is 0 Å². The van der Waals surface area contributed by atoms with E-state index in [1.54, 1.807) is 10.9 Å². The standard InChI is InChI=1S/C11H19BN2O2/c1-6-11(4)10(2,3)15-12(16-11)9-7-13-14(5)8-9/h7-8H,6H2,1-5H3. The van der Waals surface area contributed by atoms with Gasteiger partial charge < -0.3 is 9.31 Å². The average Bonchev–Trinajstić information content (AvgIpc) is 2.71. The summed E-state index contributed by atoms with van der Waals surface area (Å²) in [4.78, 5) is 0. The molecule has 1 atom stereocenters. The molecule has 4 nitrogen and oxygen atoms in total. The highest BCUT2D eigenvalue weighted by molar-refractivity contribution is 6.62. The number of hydrogen-bond donors (Lipinski definition) is 0. The van der Waals surface area contributed by atoms with Crippen LogP contribution in [-0.2, 0) is 16.4 Å². The lowest BCUT2D eigenvalue weighted by Gasteiger charge is -2.35. The summed E-state index contributed by atoms with van der Waals surface area (Å²) in [6.45, 7) is 8.37. The fraction of sp³-hybridized carbons (Fsp3) is 0.727. The second-order valence-electron chi connectivity index (χ2n) is 5.11. The Kier molecular flexibility index (Phi) is 2.63. The average molecular weight is 222 g/mol. The van der Waals surface area contributed by atoms with Gasteiger partial charge in [-0.25, -0.2) is 0 Å². The van der Waals surface area contributed by atoms with Crippen LogP contribution in [0.3, 0.4) is 0 Å². The molecule has 0 amide bonds. The molecule has 1 aliphatic heterocycles. The Hall–Kier alpha value is -0.805. The Balaban J connectivity index is 2.24. The van der Waals surface area contributed by atoms with Crippen LogP contribution in [0.2, 0.25) is 0 Å². The molecule has 2 rings (SSSR count). The van der Waals surface area contributed by atoms with Crippen LogP contribution in [0, 0.1) is 0 Å². The molecule has 88 valence electrons. The summed E-state index contributed by atoms with van der Waals surface area (Å²) in [7, 11) is 1.59. The van der Waals surface area contributed by atoms with E-state index in [2.05, 4.69) is 32.8 Å². The van der Waals surface area contributed by atoms with Crippen LogP contribution in [0.15, 0.2) is 12.4 Å². The third kappa shape index (κ3) is 1.68. The summed E-state index contributed by atoms with van der Waals surface area (Å²) in [5, 5.41) is 4.14. The van der Waals surface area contributed by atoms with Gasteiger partial charge >= 0.3 is 7.12 Å². The van der Waals surface area contributed by atoms with Gasteiger partial charge in [-0.3, -0.25) is 4.68 Å². The summed E-state index contributed by atoms with van der Waals surface area (Å²) in [5.41, 5.74) is 0.461. The van der Waals surface area contributed by atoms with Crippen LogP contribution in [0.25, 0.3) is 0 Å². The number of rotatable bonds is 2. The smallest absolute Gasteiger partial charge is 0.399 e. The molecule has 0 radical (unpaired) electrons. The van der Waals surface area contributed by atoms with Gasteiger partial charge in [0.2, 0.25) is 0 Å². The van der Waals surface area contributed by atoms with Gasteiger partial charge in [-0.2, -0.15) is 5.10 Å². The minimum absolute atomic E-state index is 0.243. The fourth-order valence-corrected chi connectivity index (χ4v) is 2.00. The monoisotopic (exact) mass is 222 g/mol. The lowest BCUT2D eigenvalue weighted by molar-refractivity contribution is -0.0118. The quantitative estimate of drug-likeness (QED) is 0.703. The molecule has 2 heterocycles. The van der Waals surface area contributed by atoms with Crippen molar-refractivity contribution in [3.05, 3.63) is 12.4 Å². The van der Waals surface area contributed by atoms with Crippen LogP contribution < -0.4 is 5.46 Å². The minimum Gasteiger partial charge on any atom is -0.399 e. The van der Waals surface area contributed by atoms with Crippen LogP contribution in [-0.4, -0.2) is 28.1 Å². The molecular weight excluding hydrogens is 203 g/mol. The van der Waals surface area contributed by atoms with E-state index in [-0.39, 0.29) is 18.3 Å². The van der Waals surface area contributed by atoms with E-state index in [1.165, 1.54) is 0 Å². The molecule has 16 heavy (non-hydrogen) atoms. The van der Waals surface area contributed by atoms with Crippen molar-refractivity contribution in [3.8, 4) is 0 Å². The largest absolute Gasteiger partial charge is 0.498 e. The summed E-state index contributed by atoms with van der Waals surface area (Å²) in [6.07, 6.45) is 4.65. The minimum atomic E-state index is -0.298. The lowest BCUT2D eigenvalue weighted by atomic mass is 9.82. The Morgan fingerprint density at radius 3 is 2.50 bits per heavy atom. The molecule has 0 N–H and O–H groups in total. The summed E-state index contributed by atoms with van der Waals surface area (Å²) in [5.74, 6) is 0. The second-order valence-corrected chi connectivity index (χ2v) is 5.11. The third-order valence-corrected chi connectivity index (χ3v) is 3.71. The molecular formula is C11H19BN2O2. The Labute approximate surface area is 97.1 Å². The van der Waals surface area contributed by atoms with Crippen molar-refractivity contribution >= 4 is 12.6 Å². The topological polar surface area (TPSA) is 36.3 Å². The summed E-state index contributed by atoms with van der Waals surface area (Å²) >= 11 is 0. The first kappa shape index (κ1) is 11.7. The molecule has 0 spiro atoms. The Morgan fingerprint density at radius 2 is 2.06 bits per heavy atom. The fourth-order valence-electron chi connectivity index (χ4n) is 2.00. The Morgan fingerprint density at radius 1 is 1.38 bits per heavy atom. The van der Waals surface area contributed by atoms with Crippen molar-refractivity contribution in [2.45, 2.75) is 45.3 Å². The zero-order valence-electron chi connectivity index (χ0n) is 10.7. The van der Waals surface area contributed by atoms with Gasteiger partial charge in [0.15, 0.2) is 0 Å². The van der Waals surface area contributed by atoms with Crippen molar-refractivity contribution in [1.29, 1.82) is 0 Å². The molecule has 1 aromatic rings. The van der Waals surface area contributed by atoms with Gasteiger partial charge in [0.25, 0.3) is 0 Å². The predicted octanol–water partition coefficient (Wildman–Crippen LogP) is 1.11. The zero-order valence-corrected chi connectivity index (χ0v) is 10.7. The Bertz CT molecular complexity index is 391. The molecule has 0 aromatic carbocycles. The first-order chi connectivity index (χ1) is 7.38. The molecule has 0 bridgehead atoms. The van der Waals surface area contributed by atoms with Gasteiger partial charge in [0.1, 0.15) is 0 Å². The number of nitrogens with zero attached hydrogens (tertiary/aromatic N) is 2. The highest BCUT2D eigenvalue weighted by Crippen LogP contribution is 2.39. The van der Waals surface area contributed by atoms with Gasteiger partial charge in [-0.1, -0.05) is 6.92 Å². The van der Waals surface area contributed by atoms with E-state index in [9.17, 15) is 0 Å². The van der Waals surface area contributed by atoms with Crippen LogP contribution in [0.1, 0.15) is 34.1 Å². The molecule has 1 saturated heterocycles. The number of hydrogen-bond acceptors (Lipinski definition) is 3. The summed E-state index contributed by atoms with van der Waals surface area (Å²) in [6, 6.07) is 0. The van der Waals surface area contributed by atoms with Crippen molar-refractivity contribution in [2.75, 3.05) is 0 Å². The maximum absolute atomic E-state index is 6.04. The van der Waals surface area contributed by atoms with E-state index in [0.29, 0.717) is 0 Å². The van der Waals surface area contributed by atoms with E-state index in [0.717, 1.165) is 11.9 Å². The normalized spacial score (nSPS) is 28.7. The second kappa shape index (κ2) is 3.60. The van der Waals surface area contributed by atoms with Gasteiger partial charge in [0.05, 0.1) is 11.2 Å². The molecule has 0 aliphatic carbocycles. The predicted molar refractivity (Wildman–Crippen MR) is 63.5 cm³/mol. The molecule has 1 unspecified atom stereocenters. The van der Waals surface area contributed by atoms with Crippen molar-refractivity contribution < 1.29 is 9.31 Å². The third-order valence-electron chi connectivity index (χ3n) is 3.71. The van der Waals surface area contributed by atoms with Crippen molar-refractivity contribution in [1.82, 2.24) is 9.78 Å². The van der Waals surface area contributed by atoms with Crippen LogP contribution in [0.5, 0.6) is 0 Å². The molecule has 0 saturated carbocycles. The maximum Gasteiger partial charge on any atom is 0.498 e. The number of aromatic nitrogens is 2.